The molecule has 0 saturated carbocycles. The van der Waals surface area contributed by atoms with E-state index in [4.69, 9.17) is 4.18 Å². The van der Waals surface area contributed by atoms with Gasteiger partial charge < -0.3 is 9.08 Å². The molecule has 3 rings (SSSR count). The topological polar surface area (TPSA) is 101 Å². The number of hydrogen-bond acceptors (Lipinski definition) is 6. The van der Waals surface area contributed by atoms with Gasteiger partial charge in [0.2, 0.25) is 0 Å². The summed E-state index contributed by atoms with van der Waals surface area (Å²) in [4.78, 5) is 1.53. The summed E-state index contributed by atoms with van der Waals surface area (Å²) in [5, 5.41) is 0. The molecule has 25 heavy (non-hydrogen) atoms. The summed E-state index contributed by atoms with van der Waals surface area (Å²) in [5.74, 6) is 0.0261. The lowest BCUT2D eigenvalue weighted by Gasteiger charge is -2.21. The van der Waals surface area contributed by atoms with Crippen molar-refractivity contribution >= 4 is 25.9 Å². The van der Waals surface area contributed by atoms with Gasteiger partial charge in [0.05, 0.1) is 10.6 Å². The highest BCUT2D eigenvalue weighted by Crippen LogP contribution is 2.35. The van der Waals surface area contributed by atoms with Gasteiger partial charge in [-0.1, -0.05) is 18.2 Å². The van der Waals surface area contributed by atoms with Crippen molar-refractivity contribution in [3.63, 3.8) is 0 Å². The SMILES string of the molecule is O=S(=O)(O)c1ccc(OS(=O)(=O)c2ccccc2)c(N2CCCC2)c1. The number of nitrogens with zero attached hydrogens (tertiary/aromatic N) is 1. The van der Waals surface area contributed by atoms with Crippen molar-refractivity contribution < 1.29 is 25.6 Å². The van der Waals surface area contributed by atoms with Crippen LogP contribution in [0.3, 0.4) is 0 Å². The van der Waals surface area contributed by atoms with Crippen LogP contribution in [-0.4, -0.2) is 34.5 Å². The Balaban J connectivity index is 2.03. The first-order valence-corrected chi connectivity index (χ1v) is 10.5. The number of rotatable bonds is 5. The molecule has 1 aliphatic rings. The van der Waals surface area contributed by atoms with E-state index in [0.29, 0.717) is 18.8 Å². The standard InChI is InChI=1S/C16H17NO6S2/c18-24(19,20)14-8-9-16(15(12-14)17-10-4-5-11-17)23-25(21,22)13-6-2-1-3-7-13/h1-3,6-9,12H,4-5,10-11H2,(H,18,19,20). The van der Waals surface area contributed by atoms with Gasteiger partial charge in [0.1, 0.15) is 4.90 Å². The molecule has 0 aliphatic carbocycles. The monoisotopic (exact) mass is 383 g/mol. The van der Waals surface area contributed by atoms with E-state index in [2.05, 4.69) is 0 Å². The molecule has 0 unspecified atom stereocenters. The van der Waals surface area contributed by atoms with E-state index in [0.717, 1.165) is 18.9 Å². The lowest BCUT2D eigenvalue weighted by molar-refractivity contribution is 0.482. The molecule has 9 heteroatoms. The molecule has 0 radical (unpaired) electrons. The lowest BCUT2D eigenvalue weighted by Crippen LogP contribution is -2.20. The van der Waals surface area contributed by atoms with E-state index < -0.39 is 20.2 Å². The van der Waals surface area contributed by atoms with Crippen LogP contribution in [0.25, 0.3) is 0 Å². The first-order valence-electron chi connectivity index (χ1n) is 7.63. The number of anilines is 1. The average molecular weight is 383 g/mol. The maximum atomic E-state index is 12.4. The van der Waals surface area contributed by atoms with Crippen LogP contribution in [0.4, 0.5) is 5.69 Å². The Labute approximate surface area is 146 Å². The van der Waals surface area contributed by atoms with Crippen molar-refractivity contribution in [2.45, 2.75) is 22.6 Å². The van der Waals surface area contributed by atoms with Gasteiger partial charge in [0.25, 0.3) is 10.1 Å². The summed E-state index contributed by atoms with van der Waals surface area (Å²) in [7, 11) is -8.45. The fraction of sp³-hybridized carbons (Fsp3) is 0.250. The van der Waals surface area contributed by atoms with Crippen LogP contribution in [0.15, 0.2) is 58.3 Å². The normalized spacial score (nSPS) is 15.3. The van der Waals surface area contributed by atoms with Crippen LogP contribution in [-0.2, 0) is 20.2 Å². The van der Waals surface area contributed by atoms with E-state index >= 15 is 0 Å². The van der Waals surface area contributed by atoms with Crippen molar-refractivity contribution in [1.29, 1.82) is 0 Å². The highest BCUT2D eigenvalue weighted by molar-refractivity contribution is 7.87. The molecule has 0 aromatic heterocycles. The Bertz CT molecular complexity index is 965. The third-order valence-corrected chi connectivity index (χ3v) is 6.00. The Morgan fingerprint density at radius 1 is 0.880 bits per heavy atom. The van der Waals surface area contributed by atoms with E-state index in [1.807, 2.05) is 4.90 Å². The smallest absolute Gasteiger partial charge is 0.339 e. The summed E-state index contributed by atoms with van der Waals surface area (Å²) >= 11 is 0. The Morgan fingerprint density at radius 2 is 1.52 bits per heavy atom. The molecule has 2 aromatic carbocycles. The molecular weight excluding hydrogens is 366 g/mol. The first kappa shape index (κ1) is 17.7. The zero-order valence-corrected chi connectivity index (χ0v) is 14.8. The van der Waals surface area contributed by atoms with Gasteiger partial charge in [0, 0.05) is 13.1 Å². The van der Waals surface area contributed by atoms with Crippen LogP contribution in [0.2, 0.25) is 0 Å². The van der Waals surface area contributed by atoms with Gasteiger partial charge in [-0.3, -0.25) is 4.55 Å². The molecule has 0 spiro atoms. The van der Waals surface area contributed by atoms with Crippen molar-refractivity contribution in [1.82, 2.24) is 0 Å². The minimum atomic E-state index is -4.40. The minimum Gasteiger partial charge on any atom is -0.377 e. The van der Waals surface area contributed by atoms with E-state index in [1.165, 1.54) is 24.3 Å². The van der Waals surface area contributed by atoms with Crippen LogP contribution >= 0.6 is 0 Å². The van der Waals surface area contributed by atoms with Crippen LogP contribution in [0, 0.1) is 0 Å². The largest absolute Gasteiger partial charge is 0.377 e. The minimum absolute atomic E-state index is 0.00114. The summed E-state index contributed by atoms with van der Waals surface area (Å²) < 4.78 is 62.2. The predicted molar refractivity (Wildman–Crippen MR) is 92.0 cm³/mol. The van der Waals surface area contributed by atoms with Crippen LogP contribution < -0.4 is 9.08 Å². The van der Waals surface area contributed by atoms with E-state index in [1.54, 1.807) is 18.2 Å². The van der Waals surface area contributed by atoms with Crippen LogP contribution in [0.5, 0.6) is 5.75 Å². The Hall–Kier alpha value is -2.10. The average Bonchev–Trinajstić information content (AvgIpc) is 3.09. The molecule has 2 aromatic rings. The molecule has 1 saturated heterocycles. The zero-order valence-electron chi connectivity index (χ0n) is 13.2. The van der Waals surface area contributed by atoms with Crippen molar-refractivity contribution in [3.05, 3.63) is 48.5 Å². The van der Waals surface area contributed by atoms with Gasteiger partial charge >= 0.3 is 10.1 Å². The maximum absolute atomic E-state index is 12.4. The lowest BCUT2D eigenvalue weighted by atomic mass is 10.2. The highest BCUT2D eigenvalue weighted by Gasteiger charge is 2.24. The molecule has 1 N–H and O–H groups in total. The third kappa shape index (κ3) is 3.94. The van der Waals surface area contributed by atoms with Crippen molar-refractivity contribution in [2.24, 2.45) is 0 Å². The molecule has 0 amide bonds. The number of hydrogen-bond donors (Lipinski definition) is 1. The second kappa shape index (κ2) is 6.66. The van der Waals surface area contributed by atoms with Crippen molar-refractivity contribution in [2.75, 3.05) is 18.0 Å². The molecule has 1 heterocycles. The molecule has 0 atom stereocenters. The highest BCUT2D eigenvalue weighted by atomic mass is 32.2. The van der Waals surface area contributed by atoms with Gasteiger partial charge in [-0.15, -0.1) is 0 Å². The summed E-state index contributed by atoms with van der Waals surface area (Å²) in [6, 6.07) is 11.3. The quantitative estimate of drug-likeness (QED) is 0.624. The molecule has 7 nitrogen and oxygen atoms in total. The fourth-order valence-electron chi connectivity index (χ4n) is 2.69. The third-order valence-electron chi connectivity index (χ3n) is 3.91. The second-order valence-electron chi connectivity index (χ2n) is 5.65. The van der Waals surface area contributed by atoms with Gasteiger partial charge in [-0.2, -0.15) is 16.8 Å². The van der Waals surface area contributed by atoms with Gasteiger partial charge in [0.15, 0.2) is 5.75 Å². The first-order chi connectivity index (χ1) is 11.8. The van der Waals surface area contributed by atoms with E-state index in [-0.39, 0.29) is 15.5 Å². The second-order valence-corrected chi connectivity index (χ2v) is 8.62. The molecule has 1 fully saturated rings. The van der Waals surface area contributed by atoms with Crippen LogP contribution in [0.1, 0.15) is 12.8 Å². The van der Waals surface area contributed by atoms with E-state index in [9.17, 15) is 21.4 Å². The summed E-state index contributed by atoms with van der Waals surface area (Å²) in [5.41, 5.74) is 0.326. The Morgan fingerprint density at radius 3 is 2.12 bits per heavy atom. The molecule has 1 aliphatic heterocycles. The molecule has 134 valence electrons. The number of benzene rings is 2. The summed E-state index contributed by atoms with van der Waals surface area (Å²) in [6.07, 6.45) is 1.81. The molecule has 0 bridgehead atoms. The maximum Gasteiger partial charge on any atom is 0.339 e. The molecular formula is C16H17NO6S2. The van der Waals surface area contributed by atoms with Crippen molar-refractivity contribution in [3.8, 4) is 5.75 Å². The van der Waals surface area contributed by atoms with Gasteiger partial charge in [-0.05, 0) is 43.2 Å². The fourth-order valence-corrected chi connectivity index (χ4v) is 4.15. The Kier molecular flexibility index (Phi) is 4.72. The van der Waals surface area contributed by atoms with Gasteiger partial charge in [-0.25, -0.2) is 0 Å². The zero-order chi connectivity index (χ0) is 18.1. The summed E-state index contributed by atoms with van der Waals surface area (Å²) in [6.45, 7) is 1.30. The predicted octanol–water partition coefficient (Wildman–Crippen LogP) is 2.30.